The molecule has 0 unspecified atom stereocenters. The van der Waals surface area contributed by atoms with Gasteiger partial charge in [0, 0.05) is 6.07 Å². The Labute approximate surface area is 191 Å². The van der Waals surface area contributed by atoms with Gasteiger partial charge < -0.3 is 10.1 Å². The fourth-order valence-electron chi connectivity index (χ4n) is 2.46. The molecule has 0 aliphatic rings. The first kappa shape index (κ1) is 26.6. The van der Waals surface area contributed by atoms with Crippen LogP contribution in [0.15, 0.2) is 51.5 Å². The zero-order chi connectivity index (χ0) is 24.9. The summed E-state index contributed by atoms with van der Waals surface area (Å²) in [6.07, 6.45) is 0. The summed E-state index contributed by atoms with van der Waals surface area (Å²) in [4.78, 5) is -0.104. The topological polar surface area (TPSA) is 198 Å². The van der Waals surface area contributed by atoms with Crippen molar-refractivity contribution >= 4 is 47.4 Å². The fraction of sp³-hybridized carbons (Fsp3) is 0.294. The number of nitrogens with zero attached hydrogens (tertiary/aromatic N) is 2. The molecule has 0 radical (unpaired) electrons. The molecule has 0 amide bonds. The lowest BCUT2D eigenvalue weighted by molar-refractivity contribution is 0.284. The molecule has 0 aromatic heterocycles. The highest BCUT2D eigenvalue weighted by atomic mass is 32.3. The van der Waals surface area contributed by atoms with Gasteiger partial charge in [0.15, 0.2) is 9.84 Å². The second kappa shape index (κ2) is 10.5. The van der Waals surface area contributed by atoms with E-state index in [4.69, 9.17) is 13.8 Å². The van der Waals surface area contributed by atoms with Crippen LogP contribution in [0.5, 0.6) is 5.75 Å². The summed E-state index contributed by atoms with van der Waals surface area (Å²) < 4.78 is 93.9. The summed E-state index contributed by atoms with van der Waals surface area (Å²) in [7, 11) is -11.5. The molecular weight excluding hydrogens is 502 g/mol. The Morgan fingerprint density at radius 3 is 2.15 bits per heavy atom. The second-order valence-electron chi connectivity index (χ2n) is 6.50. The summed E-state index contributed by atoms with van der Waals surface area (Å²) in [6.45, 7) is 0.954. The Morgan fingerprint density at radius 1 is 0.970 bits per heavy atom. The van der Waals surface area contributed by atoms with Gasteiger partial charge in [0.05, 0.1) is 41.4 Å². The van der Waals surface area contributed by atoms with Gasteiger partial charge in [0.1, 0.15) is 11.6 Å². The monoisotopic (exact) mass is 523 g/mol. The quantitative estimate of drug-likeness (QED) is 0.288. The lowest BCUT2D eigenvalue weighted by atomic mass is 10.1. The minimum absolute atomic E-state index is 0.104. The smallest absolute Gasteiger partial charge is 0.397 e. The highest BCUT2D eigenvalue weighted by molar-refractivity contribution is 7.91. The molecule has 2 aromatic carbocycles. The van der Waals surface area contributed by atoms with E-state index in [2.05, 4.69) is 19.7 Å². The molecule has 2 rings (SSSR count). The van der Waals surface area contributed by atoms with E-state index in [0.717, 1.165) is 0 Å². The molecule has 16 heteroatoms. The Balaban J connectivity index is 2.16. The minimum atomic E-state index is -4.73. The van der Waals surface area contributed by atoms with Crippen LogP contribution in [0.25, 0.3) is 0 Å². The van der Waals surface area contributed by atoms with E-state index >= 15 is 0 Å². The maximum absolute atomic E-state index is 12.2. The van der Waals surface area contributed by atoms with E-state index in [-0.39, 0.29) is 10.6 Å². The Bertz CT molecular complexity index is 1340. The zero-order valence-electron chi connectivity index (χ0n) is 17.4. The molecule has 2 aromatic rings. The first-order valence-corrected chi connectivity index (χ1v) is 13.6. The van der Waals surface area contributed by atoms with Gasteiger partial charge in [-0.1, -0.05) is 0 Å². The first-order valence-electron chi connectivity index (χ1n) is 8.94. The fourth-order valence-corrected chi connectivity index (χ4v) is 4.29. The molecule has 0 bridgehead atoms. The number of anilines is 1. The number of methoxy groups -OCH3 is 1. The van der Waals surface area contributed by atoms with Crippen LogP contribution in [0.4, 0.5) is 17.1 Å². The maximum atomic E-state index is 12.2. The highest BCUT2D eigenvalue weighted by Crippen LogP contribution is 2.34. The predicted octanol–water partition coefficient (Wildman–Crippen LogP) is 2.27. The van der Waals surface area contributed by atoms with E-state index in [9.17, 15) is 25.3 Å². The largest absolute Gasteiger partial charge is 0.495 e. The van der Waals surface area contributed by atoms with Crippen LogP contribution in [0.1, 0.15) is 5.56 Å². The van der Waals surface area contributed by atoms with Crippen molar-refractivity contribution in [3.8, 4) is 5.75 Å². The third-order valence-electron chi connectivity index (χ3n) is 4.02. The first-order chi connectivity index (χ1) is 15.2. The molecule has 0 fully saturated rings. The molecule has 0 aliphatic heterocycles. The summed E-state index contributed by atoms with van der Waals surface area (Å²) in [6, 6.07) is 8.34. The van der Waals surface area contributed by atoms with Crippen LogP contribution in [0, 0.1) is 6.92 Å². The summed E-state index contributed by atoms with van der Waals surface area (Å²) in [5, 5.41) is 10.7. The number of benzene rings is 2. The van der Waals surface area contributed by atoms with Gasteiger partial charge in [-0.15, -0.1) is 0 Å². The van der Waals surface area contributed by atoms with Gasteiger partial charge in [-0.25, -0.2) is 12.6 Å². The van der Waals surface area contributed by atoms with Crippen molar-refractivity contribution < 1.29 is 43.3 Å². The van der Waals surface area contributed by atoms with Crippen LogP contribution < -0.4 is 10.1 Å². The van der Waals surface area contributed by atoms with Crippen LogP contribution in [0.3, 0.4) is 0 Å². The zero-order valence-corrected chi connectivity index (χ0v) is 19.8. The molecule has 0 spiro atoms. The Morgan fingerprint density at radius 2 is 1.61 bits per heavy atom. The van der Waals surface area contributed by atoms with Crippen molar-refractivity contribution in [1.29, 1.82) is 0 Å². The number of rotatable bonds is 11. The molecule has 33 heavy (non-hydrogen) atoms. The second-order valence-corrected chi connectivity index (χ2v) is 11.2. The normalized spacial score (nSPS) is 12.7. The molecule has 0 saturated carbocycles. The van der Waals surface area contributed by atoms with E-state index in [1.54, 1.807) is 13.0 Å². The van der Waals surface area contributed by atoms with Gasteiger partial charge in [0.25, 0.3) is 10.1 Å². The van der Waals surface area contributed by atoms with Crippen LogP contribution in [-0.2, 0) is 34.5 Å². The number of sulfone groups is 1. The summed E-state index contributed by atoms with van der Waals surface area (Å²) in [5.41, 5.74) is 1.63. The van der Waals surface area contributed by atoms with Crippen LogP contribution >= 0.6 is 0 Å². The van der Waals surface area contributed by atoms with Gasteiger partial charge in [-0.3, -0.25) is 9.11 Å². The van der Waals surface area contributed by atoms with E-state index in [1.807, 2.05) is 0 Å². The van der Waals surface area contributed by atoms with Gasteiger partial charge in [0.2, 0.25) is 0 Å². The van der Waals surface area contributed by atoms with Gasteiger partial charge in [-0.2, -0.15) is 27.1 Å². The molecule has 182 valence electrons. The average Bonchev–Trinajstić information content (AvgIpc) is 2.70. The molecule has 0 saturated heterocycles. The van der Waals surface area contributed by atoms with Gasteiger partial charge in [-0.05, 0) is 42.8 Å². The number of nitrogens with one attached hydrogen (secondary N) is 1. The van der Waals surface area contributed by atoms with Crippen molar-refractivity contribution in [3.63, 3.8) is 0 Å². The van der Waals surface area contributed by atoms with E-state index in [1.165, 1.54) is 37.4 Å². The number of hydrogen-bond acceptors (Lipinski definition) is 11. The van der Waals surface area contributed by atoms with Crippen molar-refractivity contribution in [2.45, 2.75) is 11.8 Å². The number of azo groups is 1. The summed E-state index contributed by atoms with van der Waals surface area (Å²) >= 11 is 0. The van der Waals surface area contributed by atoms with Crippen molar-refractivity contribution in [3.05, 3.63) is 42.0 Å². The number of aryl methyl sites for hydroxylation is 1. The third-order valence-corrected chi connectivity index (χ3v) is 6.68. The summed E-state index contributed by atoms with van der Waals surface area (Å²) in [5.74, 6) is -1.11. The molecular formula is C17H21N3O10S3. The third kappa shape index (κ3) is 8.67. The number of ether oxygens (including phenoxy) is 1. The van der Waals surface area contributed by atoms with E-state index in [0.29, 0.717) is 22.6 Å². The predicted molar refractivity (Wildman–Crippen MR) is 118 cm³/mol. The van der Waals surface area contributed by atoms with Crippen LogP contribution in [-0.4, -0.2) is 59.7 Å². The molecule has 3 N–H and O–H groups in total. The maximum Gasteiger partial charge on any atom is 0.397 e. The van der Waals surface area contributed by atoms with Crippen LogP contribution in [0.2, 0.25) is 0 Å². The molecule has 0 aliphatic carbocycles. The Kier molecular flexibility index (Phi) is 8.50. The molecule has 13 nitrogen and oxygen atoms in total. The molecule has 0 atom stereocenters. The standard InChI is InChI=1S/C17H21N3O10S3/c1-12-9-16(18-11-32(23,24)25)17(29-2)10-15(12)20-19-13-3-5-14(6-4-13)31(21,22)8-7-30-33(26,27)28/h3-6,9-10,18H,7-8,11H2,1-2H3,(H,23,24,25)(H,26,27,28). The lowest BCUT2D eigenvalue weighted by Gasteiger charge is -2.12. The minimum Gasteiger partial charge on any atom is -0.495 e. The average molecular weight is 524 g/mol. The SMILES string of the molecule is COc1cc(N=Nc2ccc(S(=O)(=O)CCOS(=O)(=O)O)cc2)c(C)cc1NCS(=O)(=O)O. The Hall–Kier alpha value is -2.63. The van der Waals surface area contributed by atoms with E-state index < -0.39 is 48.6 Å². The van der Waals surface area contributed by atoms with Crippen molar-refractivity contribution in [2.24, 2.45) is 10.2 Å². The lowest BCUT2D eigenvalue weighted by Crippen LogP contribution is -2.15. The van der Waals surface area contributed by atoms with Crippen molar-refractivity contribution in [1.82, 2.24) is 0 Å². The van der Waals surface area contributed by atoms with Crippen molar-refractivity contribution in [2.75, 3.05) is 30.7 Å². The molecule has 0 heterocycles. The number of hydrogen-bond donors (Lipinski definition) is 3. The van der Waals surface area contributed by atoms with Gasteiger partial charge >= 0.3 is 10.4 Å². The highest BCUT2D eigenvalue weighted by Gasteiger charge is 2.16.